The van der Waals surface area contributed by atoms with E-state index in [1.807, 2.05) is 30.3 Å². The average molecular weight is 360 g/mol. The molecule has 1 atom stereocenters. The molecule has 0 aromatic heterocycles. The van der Waals surface area contributed by atoms with E-state index in [1.54, 1.807) is 0 Å². The molecule has 1 aliphatic rings. The summed E-state index contributed by atoms with van der Waals surface area (Å²) in [6.07, 6.45) is 6.86. The van der Waals surface area contributed by atoms with Crippen molar-refractivity contribution in [3.05, 3.63) is 48.0 Å². The van der Waals surface area contributed by atoms with Crippen molar-refractivity contribution in [2.24, 2.45) is 5.73 Å². The van der Waals surface area contributed by atoms with Crippen LogP contribution in [0.25, 0.3) is 0 Å². The number of unbranched alkanes of at least 4 members (excludes halogenated alkanes) is 3. The number of aliphatic carboxylic acids is 1. The summed E-state index contributed by atoms with van der Waals surface area (Å²) >= 11 is 0. The number of benzene rings is 1. The number of aldehydes is 1. The summed E-state index contributed by atoms with van der Waals surface area (Å²) in [6.45, 7) is 0.462. The molecule has 0 spiro atoms. The van der Waals surface area contributed by atoms with Gasteiger partial charge in [-0.1, -0.05) is 36.8 Å². The molecule has 0 saturated carbocycles. The molecule has 0 aliphatic carbocycles. The minimum absolute atomic E-state index is 0.231. The fourth-order valence-corrected chi connectivity index (χ4v) is 2.28. The largest absolute Gasteiger partial charge is 0.480 e. The Balaban J connectivity index is 0.000000263. The maximum absolute atomic E-state index is 11.1. The molecule has 2 rings (SSSR count). The van der Waals surface area contributed by atoms with E-state index in [0.29, 0.717) is 19.4 Å². The number of carbonyl (C=O) groups is 4. The van der Waals surface area contributed by atoms with Crippen LogP contribution in [-0.4, -0.2) is 46.7 Å². The average Bonchev–Trinajstić information content (AvgIpc) is 2.94. The van der Waals surface area contributed by atoms with Gasteiger partial charge in [-0.15, -0.1) is 0 Å². The lowest BCUT2D eigenvalue weighted by Gasteiger charge is -2.12. The minimum atomic E-state index is -0.959. The molecule has 0 bridgehead atoms. The molecule has 1 aromatic carbocycles. The summed E-state index contributed by atoms with van der Waals surface area (Å²) in [6, 6.07) is 8.54. The zero-order valence-electron chi connectivity index (χ0n) is 14.5. The number of carboxylic acids is 1. The van der Waals surface area contributed by atoms with Crippen LogP contribution in [0.2, 0.25) is 0 Å². The molecular weight excluding hydrogens is 336 g/mol. The summed E-state index contributed by atoms with van der Waals surface area (Å²) in [5.74, 6) is -1.42. The third-order valence-corrected chi connectivity index (χ3v) is 3.72. The molecule has 140 valence electrons. The van der Waals surface area contributed by atoms with Gasteiger partial charge < -0.3 is 15.6 Å². The van der Waals surface area contributed by atoms with Crippen LogP contribution in [0.4, 0.5) is 0 Å². The first-order valence-corrected chi connectivity index (χ1v) is 8.45. The van der Waals surface area contributed by atoms with Gasteiger partial charge in [-0.05, 0) is 24.8 Å². The Labute approximate surface area is 152 Å². The molecule has 26 heavy (non-hydrogen) atoms. The fraction of sp³-hybridized carbons (Fsp3) is 0.368. The van der Waals surface area contributed by atoms with Gasteiger partial charge >= 0.3 is 5.97 Å². The van der Waals surface area contributed by atoms with Crippen molar-refractivity contribution >= 4 is 24.1 Å². The van der Waals surface area contributed by atoms with Gasteiger partial charge in [0.2, 0.25) is 0 Å². The van der Waals surface area contributed by atoms with Gasteiger partial charge in [-0.2, -0.15) is 0 Å². The van der Waals surface area contributed by atoms with Crippen molar-refractivity contribution in [1.82, 2.24) is 4.90 Å². The molecule has 3 N–H and O–H groups in total. The SMILES string of the molecule is N[C@@H](Cc1ccccc1)C(=O)O.O=CCCCCCN1C(=O)C=CC1=O. The molecule has 0 saturated heterocycles. The van der Waals surface area contributed by atoms with Crippen molar-refractivity contribution in [2.75, 3.05) is 6.54 Å². The number of carbonyl (C=O) groups excluding carboxylic acids is 3. The first-order chi connectivity index (χ1) is 12.5. The Hall–Kier alpha value is -2.80. The second kappa shape index (κ2) is 11.7. The quantitative estimate of drug-likeness (QED) is 0.389. The minimum Gasteiger partial charge on any atom is -0.480 e. The van der Waals surface area contributed by atoms with E-state index in [9.17, 15) is 19.2 Å². The summed E-state index contributed by atoms with van der Waals surface area (Å²) in [5.41, 5.74) is 6.30. The van der Waals surface area contributed by atoms with Crippen LogP contribution in [0.3, 0.4) is 0 Å². The van der Waals surface area contributed by atoms with Crippen LogP contribution in [-0.2, 0) is 25.6 Å². The molecule has 7 heteroatoms. The first kappa shape index (κ1) is 21.2. The number of hydrogen-bond acceptors (Lipinski definition) is 5. The summed E-state index contributed by atoms with van der Waals surface area (Å²) in [4.78, 5) is 43.7. The maximum atomic E-state index is 11.1. The third-order valence-electron chi connectivity index (χ3n) is 3.72. The van der Waals surface area contributed by atoms with Crippen molar-refractivity contribution < 1.29 is 24.3 Å². The molecule has 1 heterocycles. The molecule has 0 fully saturated rings. The lowest BCUT2D eigenvalue weighted by molar-refractivity contribution is -0.139. The predicted molar refractivity (Wildman–Crippen MR) is 96.1 cm³/mol. The van der Waals surface area contributed by atoms with Crippen LogP contribution in [0.15, 0.2) is 42.5 Å². The van der Waals surface area contributed by atoms with Crippen LogP contribution in [0.1, 0.15) is 31.2 Å². The van der Waals surface area contributed by atoms with Crippen molar-refractivity contribution in [3.63, 3.8) is 0 Å². The Kier molecular flexibility index (Phi) is 9.56. The van der Waals surface area contributed by atoms with Crippen LogP contribution in [0.5, 0.6) is 0 Å². The van der Waals surface area contributed by atoms with E-state index in [2.05, 4.69) is 0 Å². The highest BCUT2D eigenvalue weighted by Gasteiger charge is 2.21. The predicted octanol–water partition coefficient (Wildman–Crippen LogP) is 1.31. The molecule has 1 aliphatic heterocycles. The van der Waals surface area contributed by atoms with E-state index in [1.165, 1.54) is 17.1 Å². The second-order valence-electron chi connectivity index (χ2n) is 5.81. The Morgan fingerprint density at radius 2 is 1.69 bits per heavy atom. The monoisotopic (exact) mass is 360 g/mol. The van der Waals surface area contributed by atoms with E-state index in [4.69, 9.17) is 10.8 Å². The number of nitrogens with zero attached hydrogens (tertiary/aromatic N) is 1. The highest BCUT2D eigenvalue weighted by molar-refractivity contribution is 6.12. The Morgan fingerprint density at radius 3 is 2.23 bits per heavy atom. The standard InChI is InChI=1S/C10H13NO3.C9H11NO2/c12-8-4-2-1-3-7-11-9(13)5-6-10(11)14;10-8(9(11)12)6-7-4-2-1-3-5-7/h5-6,8H,1-4,7H2;1-5,8H,6,10H2,(H,11,12)/t;8-/m.0/s1. The number of rotatable bonds is 9. The van der Waals surface area contributed by atoms with Gasteiger partial charge in [0, 0.05) is 25.1 Å². The summed E-state index contributed by atoms with van der Waals surface area (Å²) in [5, 5.41) is 8.52. The van der Waals surface area contributed by atoms with Gasteiger partial charge in [0.05, 0.1) is 0 Å². The topological polar surface area (TPSA) is 118 Å². The molecule has 0 unspecified atom stereocenters. The first-order valence-electron chi connectivity index (χ1n) is 8.45. The highest BCUT2D eigenvalue weighted by atomic mass is 16.4. The number of hydrogen-bond donors (Lipinski definition) is 2. The van der Waals surface area contributed by atoms with Gasteiger partial charge in [-0.3, -0.25) is 19.3 Å². The van der Waals surface area contributed by atoms with Crippen LogP contribution in [0, 0.1) is 0 Å². The smallest absolute Gasteiger partial charge is 0.320 e. The van der Waals surface area contributed by atoms with Gasteiger partial charge in [0.15, 0.2) is 0 Å². The molecule has 2 amide bonds. The molecule has 0 radical (unpaired) electrons. The number of imide groups is 1. The van der Waals surface area contributed by atoms with Gasteiger partial charge in [0.25, 0.3) is 11.8 Å². The van der Waals surface area contributed by atoms with E-state index in [0.717, 1.165) is 31.1 Å². The lowest BCUT2D eigenvalue weighted by atomic mass is 10.1. The van der Waals surface area contributed by atoms with E-state index >= 15 is 0 Å². The van der Waals surface area contributed by atoms with Crippen molar-refractivity contribution in [1.29, 1.82) is 0 Å². The van der Waals surface area contributed by atoms with Crippen molar-refractivity contribution in [2.45, 2.75) is 38.1 Å². The third kappa shape index (κ3) is 7.85. The maximum Gasteiger partial charge on any atom is 0.320 e. The lowest BCUT2D eigenvalue weighted by Crippen LogP contribution is -2.32. The number of nitrogens with two attached hydrogens (primary N) is 1. The van der Waals surface area contributed by atoms with Gasteiger partial charge in [0.1, 0.15) is 12.3 Å². The summed E-state index contributed by atoms with van der Waals surface area (Å²) < 4.78 is 0. The van der Waals surface area contributed by atoms with Crippen LogP contribution < -0.4 is 5.73 Å². The normalized spacial score (nSPS) is 14.0. The fourth-order valence-electron chi connectivity index (χ4n) is 2.28. The molecule has 7 nitrogen and oxygen atoms in total. The number of carboxylic acid groups (broad SMARTS) is 1. The van der Waals surface area contributed by atoms with E-state index in [-0.39, 0.29) is 11.8 Å². The number of amides is 2. The van der Waals surface area contributed by atoms with Gasteiger partial charge in [-0.25, -0.2) is 0 Å². The summed E-state index contributed by atoms with van der Waals surface area (Å²) in [7, 11) is 0. The molecular formula is C19H24N2O5. The second-order valence-corrected chi connectivity index (χ2v) is 5.81. The zero-order valence-corrected chi connectivity index (χ0v) is 14.5. The highest BCUT2D eigenvalue weighted by Crippen LogP contribution is 2.07. The Morgan fingerprint density at radius 1 is 1.08 bits per heavy atom. The van der Waals surface area contributed by atoms with Crippen molar-refractivity contribution in [3.8, 4) is 0 Å². The molecule has 1 aromatic rings. The zero-order chi connectivity index (χ0) is 19.4. The van der Waals surface area contributed by atoms with E-state index < -0.39 is 12.0 Å². The Bertz CT molecular complexity index is 625. The van der Waals surface area contributed by atoms with Crippen LogP contribution >= 0.6 is 0 Å².